The third kappa shape index (κ3) is 4.97. The molecular weight excluding hydrogens is 358 g/mol. The van der Waals surface area contributed by atoms with E-state index in [9.17, 15) is 13.2 Å². The van der Waals surface area contributed by atoms with Gasteiger partial charge < -0.3 is 14.2 Å². The van der Waals surface area contributed by atoms with Crippen LogP contribution < -0.4 is 4.74 Å². The number of carbonyl (C=O) groups is 1. The fraction of sp³-hybridized carbons (Fsp3) is 0.500. The Morgan fingerprint density at radius 2 is 1.92 bits per heavy atom. The number of hydrogen-bond acceptors (Lipinski definition) is 6. The van der Waals surface area contributed by atoms with Crippen LogP contribution in [0.3, 0.4) is 0 Å². The van der Waals surface area contributed by atoms with Gasteiger partial charge in [-0.05, 0) is 45.0 Å². The van der Waals surface area contributed by atoms with E-state index in [0.29, 0.717) is 5.75 Å². The molecule has 7 nitrogen and oxygen atoms in total. The van der Waals surface area contributed by atoms with E-state index < -0.39 is 16.0 Å². The number of rotatable bonds is 7. The van der Waals surface area contributed by atoms with Crippen molar-refractivity contribution in [3.63, 3.8) is 0 Å². The van der Waals surface area contributed by atoms with Crippen molar-refractivity contribution in [3.8, 4) is 17.6 Å². The van der Waals surface area contributed by atoms with Crippen molar-refractivity contribution in [2.24, 2.45) is 0 Å². The largest absolute Gasteiger partial charge is 0.497 e. The van der Waals surface area contributed by atoms with Crippen molar-refractivity contribution in [2.45, 2.75) is 37.4 Å². The van der Waals surface area contributed by atoms with Gasteiger partial charge in [-0.25, -0.2) is 13.2 Å². The monoisotopic (exact) mass is 381 g/mol. The average molecular weight is 381 g/mol. The van der Waals surface area contributed by atoms with Crippen molar-refractivity contribution < 1.29 is 27.4 Å². The molecule has 1 saturated heterocycles. The number of nitrogens with zero attached hydrogens (tertiary/aromatic N) is 1. The van der Waals surface area contributed by atoms with E-state index >= 15 is 0 Å². The smallest absolute Gasteiger partial charge is 0.384 e. The second-order valence-electron chi connectivity index (χ2n) is 6.21. The first-order valence-corrected chi connectivity index (χ1v) is 9.62. The van der Waals surface area contributed by atoms with E-state index in [0.717, 1.165) is 0 Å². The highest BCUT2D eigenvalue weighted by Gasteiger charge is 2.49. The van der Waals surface area contributed by atoms with E-state index in [1.807, 2.05) is 13.8 Å². The molecule has 0 radical (unpaired) electrons. The molecule has 1 heterocycles. The maximum atomic E-state index is 13.0. The molecule has 1 fully saturated rings. The predicted molar refractivity (Wildman–Crippen MR) is 95.1 cm³/mol. The molecule has 0 amide bonds. The second kappa shape index (κ2) is 8.08. The zero-order valence-electron chi connectivity index (χ0n) is 15.3. The summed E-state index contributed by atoms with van der Waals surface area (Å²) in [6, 6.07) is 6.09. The van der Waals surface area contributed by atoms with Gasteiger partial charge in [-0.2, -0.15) is 4.31 Å². The highest BCUT2D eigenvalue weighted by molar-refractivity contribution is 7.89. The van der Waals surface area contributed by atoms with E-state index in [2.05, 4.69) is 11.8 Å². The van der Waals surface area contributed by atoms with Gasteiger partial charge in [0, 0.05) is 12.5 Å². The van der Waals surface area contributed by atoms with Crippen LogP contribution in [0, 0.1) is 11.8 Å². The molecule has 142 valence electrons. The summed E-state index contributed by atoms with van der Waals surface area (Å²) in [5.74, 6) is 4.74. The van der Waals surface area contributed by atoms with Gasteiger partial charge in [0.2, 0.25) is 10.0 Å². The summed E-state index contributed by atoms with van der Waals surface area (Å²) in [6.45, 7) is 5.68. The number of esters is 1. The summed E-state index contributed by atoms with van der Waals surface area (Å²) >= 11 is 0. The Kier molecular flexibility index (Phi) is 6.29. The van der Waals surface area contributed by atoms with Crippen LogP contribution >= 0.6 is 0 Å². The third-order valence-electron chi connectivity index (χ3n) is 3.95. The maximum Gasteiger partial charge on any atom is 0.384 e. The van der Waals surface area contributed by atoms with Gasteiger partial charge >= 0.3 is 5.97 Å². The number of sulfonamides is 1. The third-order valence-corrected chi connectivity index (χ3v) is 5.78. The van der Waals surface area contributed by atoms with Crippen molar-refractivity contribution in [3.05, 3.63) is 24.3 Å². The van der Waals surface area contributed by atoms with Crippen LogP contribution in [0.5, 0.6) is 5.75 Å². The zero-order valence-corrected chi connectivity index (χ0v) is 16.1. The van der Waals surface area contributed by atoms with Crippen LogP contribution in [-0.4, -0.2) is 57.2 Å². The number of benzene rings is 1. The van der Waals surface area contributed by atoms with Gasteiger partial charge in [0.1, 0.15) is 11.9 Å². The van der Waals surface area contributed by atoms with Gasteiger partial charge in [-0.1, -0.05) is 5.92 Å². The lowest BCUT2D eigenvalue weighted by atomic mass is 10.1. The van der Waals surface area contributed by atoms with E-state index in [-0.39, 0.29) is 36.3 Å². The highest BCUT2D eigenvalue weighted by Crippen LogP contribution is 2.36. The molecule has 2 rings (SSSR count). The Morgan fingerprint density at radius 3 is 2.42 bits per heavy atom. The van der Waals surface area contributed by atoms with Crippen LogP contribution in [0.1, 0.15) is 20.8 Å². The molecule has 0 N–H and O–H groups in total. The topological polar surface area (TPSA) is 85.4 Å². The Balaban J connectivity index is 2.21. The van der Waals surface area contributed by atoms with Crippen LogP contribution in [-0.2, 0) is 24.3 Å². The van der Waals surface area contributed by atoms with Gasteiger partial charge in [-0.15, -0.1) is 0 Å². The van der Waals surface area contributed by atoms with E-state index in [4.69, 9.17) is 14.2 Å². The lowest BCUT2D eigenvalue weighted by Gasteiger charge is -2.19. The molecule has 0 spiro atoms. The SMILES string of the molecule is CCOC(=O)C#CCN(CC1OC1(C)C)S(=O)(=O)c1ccc(OC)cc1. The summed E-state index contributed by atoms with van der Waals surface area (Å²) in [4.78, 5) is 11.5. The molecule has 1 aromatic rings. The minimum absolute atomic E-state index is 0.120. The first-order valence-electron chi connectivity index (χ1n) is 8.18. The molecule has 0 aliphatic carbocycles. The molecule has 1 aliphatic heterocycles. The molecule has 1 atom stereocenters. The molecule has 8 heteroatoms. The molecule has 0 bridgehead atoms. The number of ether oxygens (including phenoxy) is 3. The second-order valence-corrected chi connectivity index (χ2v) is 8.14. The average Bonchev–Trinajstić information content (AvgIpc) is 3.20. The van der Waals surface area contributed by atoms with Crippen molar-refractivity contribution >= 4 is 16.0 Å². The molecule has 1 unspecified atom stereocenters. The van der Waals surface area contributed by atoms with Gasteiger partial charge in [0.15, 0.2) is 0 Å². The van der Waals surface area contributed by atoms with Crippen LogP contribution in [0.2, 0.25) is 0 Å². The quantitative estimate of drug-likeness (QED) is 0.307. The normalized spacial score (nSPS) is 18.0. The zero-order chi connectivity index (χ0) is 19.4. The van der Waals surface area contributed by atoms with Crippen LogP contribution in [0.15, 0.2) is 29.2 Å². The Hall–Kier alpha value is -2.08. The fourth-order valence-corrected chi connectivity index (χ4v) is 3.63. The molecule has 0 saturated carbocycles. The standard InChI is InChI=1S/C18H23NO6S/c1-5-24-17(20)7-6-12-19(13-16-18(2,3)25-16)26(21,22)15-10-8-14(23-4)9-11-15/h8-11,16H,5,12-13H2,1-4H3. The Morgan fingerprint density at radius 1 is 1.31 bits per heavy atom. The van der Waals surface area contributed by atoms with Crippen LogP contribution in [0.4, 0.5) is 0 Å². The fourth-order valence-electron chi connectivity index (χ4n) is 2.29. The first kappa shape index (κ1) is 20.2. The maximum absolute atomic E-state index is 13.0. The summed E-state index contributed by atoms with van der Waals surface area (Å²) < 4.78 is 42.4. The Labute approximate surface area is 154 Å². The number of hydrogen-bond donors (Lipinski definition) is 0. The predicted octanol–water partition coefficient (Wildman–Crippen LogP) is 1.43. The van der Waals surface area contributed by atoms with Crippen molar-refractivity contribution in [2.75, 3.05) is 26.8 Å². The van der Waals surface area contributed by atoms with Crippen LogP contribution in [0.25, 0.3) is 0 Å². The number of epoxide rings is 1. The number of methoxy groups -OCH3 is 1. The van der Waals surface area contributed by atoms with Gasteiger partial charge in [0.05, 0.1) is 30.8 Å². The Bertz CT molecular complexity index is 804. The minimum Gasteiger partial charge on any atom is -0.497 e. The summed E-state index contributed by atoms with van der Waals surface area (Å²) in [7, 11) is -2.29. The summed E-state index contributed by atoms with van der Waals surface area (Å²) in [5, 5.41) is 0. The van der Waals surface area contributed by atoms with Gasteiger partial charge in [0.25, 0.3) is 0 Å². The lowest BCUT2D eigenvalue weighted by Crippen LogP contribution is -2.36. The van der Waals surface area contributed by atoms with Gasteiger partial charge in [-0.3, -0.25) is 0 Å². The molecule has 0 aromatic heterocycles. The molecule has 26 heavy (non-hydrogen) atoms. The minimum atomic E-state index is -3.80. The van der Waals surface area contributed by atoms with Crippen molar-refractivity contribution in [1.82, 2.24) is 4.31 Å². The summed E-state index contributed by atoms with van der Waals surface area (Å²) in [5.41, 5.74) is -0.373. The molecule has 1 aromatic carbocycles. The highest BCUT2D eigenvalue weighted by atomic mass is 32.2. The van der Waals surface area contributed by atoms with E-state index in [1.54, 1.807) is 19.1 Å². The first-order chi connectivity index (χ1) is 12.2. The molecular formula is C18H23NO6S. The van der Waals surface area contributed by atoms with Crippen molar-refractivity contribution in [1.29, 1.82) is 0 Å². The molecule has 1 aliphatic rings. The summed E-state index contributed by atoms with van der Waals surface area (Å²) in [6.07, 6.45) is -0.222. The lowest BCUT2D eigenvalue weighted by molar-refractivity contribution is -0.136. The number of carbonyl (C=O) groups excluding carboxylic acids is 1. The van der Waals surface area contributed by atoms with E-state index in [1.165, 1.54) is 23.5 Å².